The van der Waals surface area contributed by atoms with Crippen molar-refractivity contribution in [1.82, 2.24) is 5.32 Å². The fourth-order valence-electron chi connectivity index (χ4n) is 2.22. The average Bonchev–Trinajstić information content (AvgIpc) is 2.74. The fourth-order valence-corrected chi connectivity index (χ4v) is 2.22. The summed E-state index contributed by atoms with van der Waals surface area (Å²) in [7, 11) is 0. The summed E-state index contributed by atoms with van der Waals surface area (Å²) in [5, 5.41) is 11.9. The molecule has 0 unspecified atom stereocenters. The fraction of sp³-hybridized carbons (Fsp3) is 0.846. The zero-order chi connectivity index (χ0) is 14.1. The third-order valence-corrected chi connectivity index (χ3v) is 2.96. The number of hydrogen-bond acceptors (Lipinski definition) is 3. The van der Waals surface area contributed by atoms with Crippen LogP contribution in [0.2, 0.25) is 0 Å². The van der Waals surface area contributed by atoms with E-state index in [1.165, 1.54) is 0 Å². The Morgan fingerprint density at radius 3 is 2.39 bits per heavy atom. The van der Waals surface area contributed by atoms with Crippen LogP contribution in [0.5, 0.6) is 0 Å². The molecular weight excluding hydrogens is 234 g/mol. The van der Waals surface area contributed by atoms with Gasteiger partial charge in [-0.15, -0.1) is 0 Å². The lowest BCUT2D eigenvalue weighted by atomic mass is 9.93. The van der Waals surface area contributed by atoms with E-state index in [0.29, 0.717) is 12.8 Å². The Morgan fingerprint density at radius 2 is 2.00 bits per heavy atom. The summed E-state index contributed by atoms with van der Waals surface area (Å²) in [6.07, 6.45) is 0.516. The molecule has 5 heteroatoms. The number of carboxylic acids is 1. The predicted molar refractivity (Wildman–Crippen MR) is 67.3 cm³/mol. The SMILES string of the molecule is CC(C)C[C@@]1(C(=O)O)C[C@@H]1NC(=O)OC(C)(C)C. The van der Waals surface area contributed by atoms with Crippen LogP contribution in [-0.2, 0) is 9.53 Å². The van der Waals surface area contributed by atoms with E-state index >= 15 is 0 Å². The minimum Gasteiger partial charge on any atom is -0.481 e. The molecule has 104 valence electrons. The van der Waals surface area contributed by atoms with Crippen molar-refractivity contribution in [3.63, 3.8) is 0 Å². The van der Waals surface area contributed by atoms with Crippen molar-refractivity contribution in [2.24, 2.45) is 11.3 Å². The summed E-state index contributed by atoms with van der Waals surface area (Å²) < 4.78 is 5.12. The molecule has 0 aromatic carbocycles. The highest BCUT2D eigenvalue weighted by molar-refractivity contribution is 5.81. The largest absolute Gasteiger partial charge is 0.481 e. The summed E-state index contributed by atoms with van der Waals surface area (Å²) in [5.74, 6) is -0.552. The quantitative estimate of drug-likeness (QED) is 0.811. The molecule has 0 spiro atoms. The molecule has 0 bridgehead atoms. The van der Waals surface area contributed by atoms with Crippen LogP contribution in [0.3, 0.4) is 0 Å². The first-order valence-electron chi connectivity index (χ1n) is 6.30. The van der Waals surface area contributed by atoms with Gasteiger partial charge in [-0.2, -0.15) is 0 Å². The van der Waals surface area contributed by atoms with Gasteiger partial charge in [0.1, 0.15) is 5.60 Å². The second-order valence-corrected chi connectivity index (χ2v) is 6.46. The van der Waals surface area contributed by atoms with Crippen molar-refractivity contribution >= 4 is 12.1 Å². The molecule has 5 nitrogen and oxygen atoms in total. The summed E-state index contributed by atoms with van der Waals surface area (Å²) in [5.41, 5.74) is -1.37. The van der Waals surface area contributed by atoms with E-state index in [1.807, 2.05) is 13.8 Å². The van der Waals surface area contributed by atoms with Gasteiger partial charge in [-0.05, 0) is 39.5 Å². The second kappa shape index (κ2) is 4.78. The zero-order valence-corrected chi connectivity index (χ0v) is 11.7. The molecule has 2 N–H and O–H groups in total. The molecule has 1 saturated carbocycles. The molecule has 1 amide bonds. The Hall–Kier alpha value is -1.26. The van der Waals surface area contributed by atoms with E-state index < -0.39 is 23.1 Å². The van der Waals surface area contributed by atoms with Crippen LogP contribution in [0.25, 0.3) is 0 Å². The second-order valence-electron chi connectivity index (χ2n) is 6.46. The van der Waals surface area contributed by atoms with Gasteiger partial charge < -0.3 is 15.2 Å². The maximum Gasteiger partial charge on any atom is 0.407 e. The van der Waals surface area contributed by atoms with E-state index in [4.69, 9.17) is 4.74 Å². The van der Waals surface area contributed by atoms with Crippen LogP contribution < -0.4 is 5.32 Å². The van der Waals surface area contributed by atoms with Crippen molar-refractivity contribution in [1.29, 1.82) is 0 Å². The highest BCUT2D eigenvalue weighted by Gasteiger charge is 2.61. The molecule has 0 aromatic heterocycles. The summed E-state index contributed by atoms with van der Waals surface area (Å²) >= 11 is 0. The lowest BCUT2D eigenvalue weighted by Crippen LogP contribution is -2.37. The summed E-state index contributed by atoms with van der Waals surface area (Å²) in [6, 6.07) is -0.313. The molecule has 1 fully saturated rings. The van der Waals surface area contributed by atoms with Crippen LogP contribution in [0.1, 0.15) is 47.5 Å². The lowest BCUT2D eigenvalue weighted by Gasteiger charge is -2.21. The first kappa shape index (κ1) is 14.8. The number of ether oxygens (including phenoxy) is 1. The Labute approximate surface area is 108 Å². The number of amides is 1. The van der Waals surface area contributed by atoms with E-state index in [2.05, 4.69) is 5.32 Å². The van der Waals surface area contributed by atoms with Crippen molar-refractivity contribution in [2.75, 3.05) is 0 Å². The van der Waals surface area contributed by atoms with Crippen LogP contribution in [-0.4, -0.2) is 28.8 Å². The topological polar surface area (TPSA) is 75.6 Å². The van der Waals surface area contributed by atoms with Crippen LogP contribution in [0.4, 0.5) is 4.79 Å². The average molecular weight is 257 g/mol. The van der Waals surface area contributed by atoms with Gasteiger partial charge in [0.25, 0.3) is 0 Å². The van der Waals surface area contributed by atoms with E-state index in [-0.39, 0.29) is 12.0 Å². The van der Waals surface area contributed by atoms with Crippen molar-refractivity contribution in [3.05, 3.63) is 0 Å². The number of hydrogen-bond donors (Lipinski definition) is 2. The van der Waals surface area contributed by atoms with Gasteiger partial charge in [-0.3, -0.25) is 4.79 Å². The van der Waals surface area contributed by atoms with Gasteiger partial charge in [0.05, 0.1) is 5.41 Å². The Morgan fingerprint density at radius 1 is 1.44 bits per heavy atom. The molecule has 0 aliphatic heterocycles. The minimum absolute atomic E-state index is 0.284. The maximum absolute atomic E-state index is 11.6. The van der Waals surface area contributed by atoms with Crippen molar-refractivity contribution < 1.29 is 19.4 Å². The number of carboxylic acid groups (broad SMARTS) is 1. The van der Waals surface area contributed by atoms with Crippen molar-refractivity contribution in [3.8, 4) is 0 Å². The van der Waals surface area contributed by atoms with Gasteiger partial charge in [0.15, 0.2) is 0 Å². The summed E-state index contributed by atoms with van der Waals surface area (Å²) in [4.78, 5) is 22.9. The van der Waals surface area contributed by atoms with Crippen molar-refractivity contribution in [2.45, 2.75) is 59.1 Å². The zero-order valence-electron chi connectivity index (χ0n) is 11.7. The predicted octanol–water partition coefficient (Wildman–Crippen LogP) is 2.40. The van der Waals surface area contributed by atoms with E-state index in [0.717, 1.165) is 0 Å². The molecule has 0 saturated heterocycles. The van der Waals surface area contributed by atoms with Gasteiger partial charge in [0.2, 0.25) is 0 Å². The molecule has 0 aromatic rings. The number of alkyl carbamates (subject to hydrolysis) is 1. The van der Waals surface area contributed by atoms with Gasteiger partial charge in [-0.1, -0.05) is 13.8 Å². The standard InChI is InChI=1S/C13H23NO4/c1-8(2)6-13(10(15)16)7-9(13)14-11(17)18-12(3,4)5/h8-9H,6-7H2,1-5H3,(H,14,17)(H,15,16)/t9-,13+/m0/s1. The number of carbonyl (C=O) groups is 2. The third-order valence-electron chi connectivity index (χ3n) is 2.96. The maximum atomic E-state index is 11.6. The number of carbonyl (C=O) groups excluding carboxylic acids is 1. The van der Waals surface area contributed by atoms with E-state index in [9.17, 15) is 14.7 Å². The normalized spacial score (nSPS) is 26.9. The van der Waals surface area contributed by atoms with Crippen LogP contribution in [0.15, 0.2) is 0 Å². The molecule has 1 aliphatic carbocycles. The summed E-state index contributed by atoms with van der Waals surface area (Å²) in [6.45, 7) is 9.29. The minimum atomic E-state index is -0.836. The first-order chi connectivity index (χ1) is 8.07. The number of nitrogens with one attached hydrogen (secondary N) is 1. The van der Waals surface area contributed by atoms with Gasteiger partial charge in [0, 0.05) is 6.04 Å². The Kier molecular flexibility index (Phi) is 3.93. The molecule has 0 heterocycles. The lowest BCUT2D eigenvalue weighted by molar-refractivity contribution is -0.144. The number of rotatable bonds is 4. The van der Waals surface area contributed by atoms with Crippen LogP contribution >= 0.6 is 0 Å². The molecule has 0 radical (unpaired) electrons. The first-order valence-corrected chi connectivity index (χ1v) is 6.30. The van der Waals surface area contributed by atoms with Crippen LogP contribution in [0, 0.1) is 11.3 Å². The Bertz CT molecular complexity index is 345. The number of aliphatic carboxylic acids is 1. The molecule has 18 heavy (non-hydrogen) atoms. The molecule has 1 aliphatic rings. The highest BCUT2D eigenvalue weighted by Crippen LogP contribution is 2.51. The third kappa shape index (κ3) is 3.62. The smallest absolute Gasteiger partial charge is 0.407 e. The highest BCUT2D eigenvalue weighted by atomic mass is 16.6. The molecule has 2 atom stereocenters. The van der Waals surface area contributed by atoms with Gasteiger partial charge >= 0.3 is 12.1 Å². The van der Waals surface area contributed by atoms with Gasteiger partial charge in [-0.25, -0.2) is 4.79 Å². The Balaban J connectivity index is 2.56. The van der Waals surface area contributed by atoms with E-state index in [1.54, 1.807) is 20.8 Å². The monoisotopic (exact) mass is 257 g/mol. The molecule has 1 rings (SSSR count). The molecular formula is C13H23NO4.